The molecule has 83 heavy (non-hydrogen) atoms. The van der Waals surface area contributed by atoms with Gasteiger partial charge in [-0.2, -0.15) is 0 Å². The van der Waals surface area contributed by atoms with E-state index in [0.29, 0.717) is 19.3 Å². The average Bonchev–Trinajstić information content (AvgIpc) is 3.49. The maximum atomic E-state index is 12.9. The molecule has 0 aliphatic carbocycles. The monoisotopic (exact) mass is 1150 g/mol. The van der Waals surface area contributed by atoms with Gasteiger partial charge in [-0.1, -0.05) is 322 Å². The predicted molar refractivity (Wildman–Crippen MR) is 362 cm³/mol. The number of ether oxygens (including phenoxy) is 3. The average molecular weight is 1150 g/mol. The minimum atomic E-state index is -0.803. The summed E-state index contributed by atoms with van der Waals surface area (Å²) >= 11 is 0. The number of allylic oxidation sites excluding steroid dienone is 20. The van der Waals surface area contributed by atoms with Crippen molar-refractivity contribution in [1.82, 2.24) is 0 Å². The molecule has 0 aromatic rings. The first-order chi connectivity index (χ1) is 41.0. The molecule has 0 fully saturated rings. The summed E-state index contributed by atoms with van der Waals surface area (Å²) in [6.45, 7) is 6.48. The first-order valence-corrected chi connectivity index (χ1v) is 35.0. The summed E-state index contributed by atoms with van der Waals surface area (Å²) in [5, 5.41) is 0. The molecule has 0 N–H and O–H groups in total. The zero-order valence-corrected chi connectivity index (χ0v) is 54.4. The first-order valence-electron chi connectivity index (χ1n) is 35.0. The molecule has 0 saturated heterocycles. The fourth-order valence-electron chi connectivity index (χ4n) is 9.74. The summed E-state index contributed by atoms with van der Waals surface area (Å²) in [7, 11) is 0. The van der Waals surface area contributed by atoms with E-state index in [1.54, 1.807) is 0 Å². The lowest BCUT2D eigenvalue weighted by atomic mass is 10.0. The van der Waals surface area contributed by atoms with E-state index in [2.05, 4.69) is 142 Å². The van der Waals surface area contributed by atoms with Crippen LogP contribution in [0.5, 0.6) is 0 Å². The van der Waals surface area contributed by atoms with Crippen molar-refractivity contribution in [3.8, 4) is 0 Å². The van der Waals surface area contributed by atoms with Gasteiger partial charge in [0.1, 0.15) is 13.2 Å². The molecule has 474 valence electrons. The summed E-state index contributed by atoms with van der Waals surface area (Å²) in [5.41, 5.74) is 0. The molecule has 0 bridgehead atoms. The third kappa shape index (κ3) is 68.5. The van der Waals surface area contributed by atoms with E-state index in [1.807, 2.05) is 0 Å². The summed E-state index contributed by atoms with van der Waals surface area (Å²) in [6.07, 6.45) is 98.2. The standard InChI is InChI=1S/C77H130O6/c1-4-7-10-13-16-19-21-23-25-27-29-31-33-35-37-38-40-41-43-45-47-49-51-53-55-58-61-64-67-70-76(79)82-73-74(72-81-75(78)69-66-63-60-57-18-15-12-9-6-3)83-77(80)71-68-65-62-59-56-54-52-50-48-46-44-42-39-36-34-32-30-28-26-24-22-20-17-14-11-8-5-2/h7,10,16,19,23,25,28-31,35,37,40-41,45,47,51,53,58,61,74H,4-6,8-9,11-15,17-18,20-22,24,26-27,32-34,36,38-39,42-44,46,48-50,52,54-57,59-60,62-73H2,1-3H3/b10-7-,19-16-,25-23-,30-28-,31-29-,37-35-,41-40-,47-45-,53-51-,61-58-. The Morgan fingerprint density at radius 1 is 0.253 bits per heavy atom. The van der Waals surface area contributed by atoms with Gasteiger partial charge in [-0.05, 0) is 109 Å². The highest BCUT2D eigenvalue weighted by atomic mass is 16.6. The van der Waals surface area contributed by atoms with Crippen molar-refractivity contribution in [2.75, 3.05) is 13.2 Å². The van der Waals surface area contributed by atoms with Crippen LogP contribution in [-0.4, -0.2) is 37.2 Å². The molecule has 0 spiro atoms. The fraction of sp³-hybridized carbons (Fsp3) is 0.701. The molecule has 0 aromatic heterocycles. The Balaban J connectivity index is 4.28. The number of esters is 3. The minimum absolute atomic E-state index is 0.0949. The third-order valence-corrected chi connectivity index (χ3v) is 15.0. The van der Waals surface area contributed by atoms with Crippen LogP contribution in [0.25, 0.3) is 0 Å². The summed E-state index contributed by atoms with van der Waals surface area (Å²) < 4.78 is 16.9. The van der Waals surface area contributed by atoms with Crippen LogP contribution in [0.4, 0.5) is 0 Å². The van der Waals surface area contributed by atoms with E-state index >= 15 is 0 Å². The first kappa shape index (κ1) is 78.8. The molecule has 0 heterocycles. The van der Waals surface area contributed by atoms with Crippen molar-refractivity contribution in [3.05, 3.63) is 122 Å². The van der Waals surface area contributed by atoms with E-state index in [4.69, 9.17) is 14.2 Å². The Labute approximate surface area is 513 Å². The molecule has 0 aliphatic rings. The van der Waals surface area contributed by atoms with E-state index in [9.17, 15) is 14.4 Å². The molecule has 0 saturated carbocycles. The molecule has 1 atom stereocenters. The van der Waals surface area contributed by atoms with Crippen LogP contribution in [0.15, 0.2) is 122 Å². The summed E-state index contributed by atoms with van der Waals surface area (Å²) in [4.78, 5) is 38.3. The van der Waals surface area contributed by atoms with Crippen molar-refractivity contribution in [2.24, 2.45) is 0 Å². The molecular weight excluding hydrogens is 1020 g/mol. The molecule has 0 aliphatic heterocycles. The molecule has 0 aromatic carbocycles. The molecular formula is C77H130O6. The largest absolute Gasteiger partial charge is 0.462 e. The topological polar surface area (TPSA) is 78.9 Å². The van der Waals surface area contributed by atoms with E-state index in [1.165, 1.54) is 180 Å². The maximum absolute atomic E-state index is 12.9. The van der Waals surface area contributed by atoms with Crippen molar-refractivity contribution in [1.29, 1.82) is 0 Å². The highest BCUT2D eigenvalue weighted by Gasteiger charge is 2.19. The quantitative estimate of drug-likeness (QED) is 0.0261. The smallest absolute Gasteiger partial charge is 0.306 e. The number of carbonyl (C=O) groups is 3. The van der Waals surface area contributed by atoms with Crippen LogP contribution in [0.1, 0.15) is 329 Å². The number of hydrogen-bond donors (Lipinski definition) is 0. The van der Waals surface area contributed by atoms with Gasteiger partial charge in [-0.3, -0.25) is 14.4 Å². The molecule has 0 rings (SSSR count). The van der Waals surface area contributed by atoms with Crippen molar-refractivity contribution in [3.63, 3.8) is 0 Å². The van der Waals surface area contributed by atoms with Gasteiger partial charge in [0.15, 0.2) is 6.10 Å². The van der Waals surface area contributed by atoms with Gasteiger partial charge in [0.05, 0.1) is 0 Å². The zero-order chi connectivity index (χ0) is 59.9. The second-order valence-corrected chi connectivity index (χ2v) is 23.1. The molecule has 6 heteroatoms. The van der Waals surface area contributed by atoms with Gasteiger partial charge in [-0.25, -0.2) is 0 Å². The van der Waals surface area contributed by atoms with E-state index in [0.717, 1.165) is 103 Å². The fourth-order valence-corrected chi connectivity index (χ4v) is 9.74. The van der Waals surface area contributed by atoms with Gasteiger partial charge in [0.2, 0.25) is 0 Å². The van der Waals surface area contributed by atoms with Crippen LogP contribution in [0, 0.1) is 0 Å². The zero-order valence-electron chi connectivity index (χ0n) is 54.4. The molecule has 1 unspecified atom stereocenters. The van der Waals surface area contributed by atoms with E-state index in [-0.39, 0.29) is 37.5 Å². The normalized spacial score (nSPS) is 12.9. The number of carbonyl (C=O) groups excluding carboxylic acids is 3. The second-order valence-electron chi connectivity index (χ2n) is 23.1. The van der Waals surface area contributed by atoms with Crippen LogP contribution in [-0.2, 0) is 28.6 Å². The van der Waals surface area contributed by atoms with Gasteiger partial charge in [0, 0.05) is 19.3 Å². The van der Waals surface area contributed by atoms with Gasteiger partial charge in [-0.15, -0.1) is 0 Å². The van der Waals surface area contributed by atoms with Crippen LogP contribution >= 0.6 is 0 Å². The lowest BCUT2D eigenvalue weighted by Gasteiger charge is -2.18. The Hall–Kier alpha value is -4.19. The van der Waals surface area contributed by atoms with Crippen molar-refractivity contribution >= 4 is 17.9 Å². The molecule has 0 amide bonds. The lowest BCUT2D eigenvalue weighted by Crippen LogP contribution is -2.30. The Morgan fingerprint density at radius 2 is 0.482 bits per heavy atom. The van der Waals surface area contributed by atoms with Crippen LogP contribution in [0.2, 0.25) is 0 Å². The highest BCUT2D eigenvalue weighted by molar-refractivity contribution is 5.71. The Kier molecular flexibility index (Phi) is 66.7. The van der Waals surface area contributed by atoms with Crippen molar-refractivity contribution < 1.29 is 28.6 Å². The second kappa shape index (κ2) is 70.3. The van der Waals surface area contributed by atoms with Gasteiger partial charge < -0.3 is 14.2 Å². The van der Waals surface area contributed by atoms with Crippen LogP contribution in [0.3, 0.4) is 0 Å². The Morgan fingerprint density at radius 3 is 0.795 bits per heavy atom. The van der Waals surface area contributed by atoms with Gasteiger partial charge >= 0.3 is 17.9 Å². The third-order valence-electron chi connectivity index (χ3n) is 15.0. The predicted octanol–water partition coefficient (Wildman–Crippen LogP) is 24.3. The molecule has 6 nitrogen and oxygen atoms in total. The number of hydrogen-bond acceptors (Lipinski definition) is 6. The van der Waals surface area contributed by atoms with Gasteiger partial charge in [0.25, 0.3) is 0 Å². The van der Waals surface area contributed by atoms with E-state index < -0.39 is 6.10 Å². The molecule has 0 radical (unpaired) electrons. The SMILES string of the molecule is CC/C=C\C/C=C\C/C=C\C/C=C\C/C=C\C/C=C\C/C=C\C/C=C\C/C=C\CCCC(=O)OCC(COC(=O)CCCCCCCCCCC)OC(=O)CCCCCCCCCCCCCCCCC/C=C\CCCCCCCCCC. The maximum Gasteiger partial charge on any atom is 0.306 e. The van der Waals surface area contributed by atoms with Crippen LogP contribution < -0.4 is 0 Å². The van der Waals surface area contributed by atoms with Crippen molar-refractivity contribution in [2.45, 2.75) is 335 Å². The highest BCUT2D eigenvalue weighted by Crippen LogP contribution is 2.17. The summed E-state index contributed by atoms with van der Waals surface area (Å²) in [6, 6.07) is 0. The number of rotatable bonds is 63. The Bertz CT molecular complexity index is 1700. The number of unbranched alkanes of at least 4 members (excludes halogenated alkanes) is 32. The minimum Gasteiger partial charge on any atom is -0.462 e. The summed E-state index contributed by atoms with van der Waals surface area (Å²) in [5.74, 6) is -0.951. The lowest BCUT2D eigenvalue weighted by molar-refractivity contribution is -0.167.